The summed E-state index contributed by atoms with van der Waals surface area (Å²) in [5, 5.41) is 0. The van der Waals surface area contributed by atoms with Crippen molar-refractivity contribution in [3.05, 3.63) is 54.4 Å². The fourth-order valence-electron chi connectivity index (χ4n) is 3.11. The summed E-state index contributed by atoms with van der Waals surface area (Å²) in [4.78, 5) is 6.33. The lowest BCUT2D eigenvalue weighted by Crippen LogP contribution is -2.47. The van der Waals surface area contributed by atoms with Crippen molar-refractivity contribution in [1.82, 2.24) is 14.6 Å². The summed E-state index contributed by atoms with van der Waals surface area (Å²) in [6.45, 7) is 2.37. The first kappa shape index (κ1) is 17.8. The Morgan fingerprint density at radius 3 is 2.88 bits per heavy atom. The fourth-order valence-corrected chi connectivity index (χ4v) is 3.91. The second kappa shape index (κ2) is 7.95. The van der Waals surface area contributed by atoms with Crippen LogP contribution in [0.1, 0.15) is 18.4 Å². The third-order valence-corrected chi connectivity index (χ3v) is 4.88. The average Bonchev–Trinajstić information content (AvgIpc) is 2.56. The van der Waals surface area contributed by atoms with Crippen LogP contribution in [0.15, 0.2) is 48.8 Å². The van der Waals surface area contributed by atoms with E-state index in [0.29, 0.717) is 12.3 Å². The summed E-state index contributed by atoms with van der Waals surface area (Å²) in [5.41, 5.74) is 1.08. The van der Waals surface area contributed by atoms with Crippen LogP contribution in [-0.2, 0) is 16.6 Å². The number of para-hydroxylation sites is 1. The number of pyridine rings is 1. The standard InChI is InChI=1S/C18H23N3O3S/c1-25(22,23)20-16-7-5-11-21(14-16)13-15-6-2-3-9-18(15)24-17-8-4-10-19-12-17/h2-4,6,8-10,12,16,20H,5,7,11,13-14H2,1H3. The van der Waals surface area contributed by atoms with Crippen LogP contribution >= 0.6 is 0 Å². The van der Waals surface area contributed by atoms with Crippen LogP contribution < -0.4 is 9.46 Å². The topological polar surface area (TPSA) is 71.5 Å². The first-order valence-electron chi connectivity index (χ1n) is 8.35. The Balaban J connectivity index is 1.68. The zero-order chi connectivity index (χ0) is 17.7. The van der Waals surface area contributed by atoms with Crippen LogP contribution in [0.25, 0.3) is 0 Å². The molecule has 1 N–H and O–H groups in total. The van der Waals surface area contributed by atoms with Crippen molar-refractivity contribution in [3.63, 3.8) is 0 Å². The van der Waals surface area contributed by atoms with Crippen molar-refractivity contribution in [1.29, 1.82) is 0 Å². The van der Waals surface area contributed by atoms with E-state index in [1.54, 1.807) is 12.4 Å². The second-order valence-electron chi connectivity index (χ2n) is 6.36. The summed E-state index contributed by atoms with van der Waals surface area (Å²) >= 11 is 0. The minimum atomic E-state index is -3.18. The predicted octanol–water partition coefficient (Wildman–Crippen LogP) is 2.39. The molecule has 1 aliphatic rings. The lowest BCUT2D eigenvalue weighted by molar-refractivity contribution is 0.193. The van der Waals surface area contributed by atoms with E-state index in [2.05, 4.69) is 14.6 Å². The van der Waals surface area contributed by atoms with Gasteiger partial charge in [-0.05, 0) is 37.6 Å². The van der Waals surface area contributed by atoms with E-state index in [9.17, 15) is 8.42 Å². The quantitative estimate of drug-likeness (QED) is 0.855. The number of sulfonamides is 1. The van der Waals surface area contributed by atoms with Crippen LogP contribution in [0.4, 0.5) is 0 Å². The first-order chi connectivity index (χ1) is 12.0. The van der Waals surface area contributed by atoms with Gasteiger partial charge in [-0.2, -0.15) is 0 Å². The van der Waals surface area contributed by atoms with E-state index >= 15 is 0 Å². The van der Waals surface area contributed by atoms with E-state index in [1.165, 1.54) is 6.26 Å². The monoisotopic (exact) mass is 361 g/mol. The average molecular weight is 361 g/mol. The van der Waals surface area contributed by atoms with Gasteiger partial charge < -0.3 is 4.74 Å². The highest BCUT2D eigenvalue weighted by atomic mass is 32.2. The van der Waals surface area contributed by atoms with E-state index < -0.39 is 10.0 Å². The molecule has 1 aromatic heterocycles. The Kier molecular flexibility index (Phi) is 5.67. The minimum absolute atomic E-state index is 0.0323. The number of piperidine rings is 1. The van der Waals surface area contributed by atoms with Crippen molar-refractivity contribution in [3.8, 4) is 11.5 Å². The molecular formula is C18H23N3O3S. The van der Waals surface area contributed by atoms with Gasteiger partial charge in [-0.3, -0.25) is 9.88 Å². The number of likely N-dealkylation sites (tertiary alicyclic amines) is 1. The molecule has 7 heteroatoms. The maximum Gasteiger partial charge on any atom is 0.208 e. The van der Waals surface area contributed by atoms with Gasteiger partial charge in [0.1, 0.15) is 11.5 Å². The highest BCUT2D eigenvalue weighted by molar-refractivity contribution is 7.88. The molecule has 0 aliphatic carbocycles. The number of ether oxygens (including phenoxy) is 1. The summed E-state index contributed by atoms with van der Waals surface area (Å²) in [6, 6.07) is 11.6. The minimum Gasteiger partial charge on any atom is -0.455 e. The van der Waals surface area contributed by atoms with Gasteiger partial charge in [-0.15, -0.1) is 0 Å². The summed E-state index contributed by atoms with van der Waals surface area (Å²) in [6.07, 6.45) is 6.45. The third kappa shape index (κ3) is 5.52. The highest BCUT2D eigenvalue weighted by Gasteiger charge is 2.23. The van der Waals surface area contributed by atoms with Crippen LogP contribution in [0.5, 0.6) is 11.5 Å². The summed E-state index contributed by atoms with van der Waals surface area (Å²) < 4.78 is 31.6. The molecule has 0 amide bonds. The summed E-state index contributed by atoms with van der Waals surface area (Å²) in [5.74, 6) is 1.50. The molecule has 1 aromatic carbocycles. The molecule has 1 aliphatic heterocycles. The molecule has 0 bridgehead atoms. The van der Waals surface area contributed by atoms with Gasteiger partial charge in [0.2, 0.25) is 10.0 Å². The molecule has 25 heavy (non-hydrogen) atoms. The smallest absolute Gasteiger partial charge is 0.208 e. The van der Waals surface area contributed by atoms with Gasteiger partial charge >= 0.3 is 0 Å². The Labute approximate surface area is 148 Å². The van der Waals surface area contributed by atoms with Crippen LogP contribution in [-0.4, -0.2) is 43.7 Å². The lowest BCUT2D eigenvalue weighted by atomic mass is 10.1. The largest absolute Gasteiger partial charge is 0.455 e. The maximum absolute atomic E-state index is 11.5. The van der Waals surface area contributed by atoms with E-state index in [4.69, 9.17) is 4.74 Å². The molecule has 1 saturated heterocycles. The second-order valence-corrected chi connectivity index (χ2v) is 8.14. The molecule has 1 fully saturated rings. The number of aromatic nitrogens is 1. The van der Waals surface area contributed by atoms with Crippen molar-refractivity contribution in [2.24, 2.45) is 0 Å². The Morgan fingerprint density at radius 2 is 2.12 bits per heavy atom. The van der Waals surface area contributed by atoms with Crippen molar-refractivity contribution in [2.45, 2.75) is 25.4 Å². The van der Waals surface area contributed by atoms with Crippen LogP contribution in [0.3, 0.4) is 0 Å². The van der Waals surface area contributed by atoms with Gasteiger partial charge in [0, 0.05) is 30.9 Å². The van der Waals surface area contributed by atoms with Crippen molar-refractivity contribution < 1.29 is 13.2 Å². The third-order valence-electron chi connectivity index (χ3n) is 4.12. The van der Waals surface area contributed by atoms with Gasteiger partial charge in [0.15, 0.2) is 0 Å². The first-order valence-corrected chi connectivity index (χ1v) is 10.2. The molecule has 3 rings (SSSR count). The Morgan fingerprint density at radius 1 is 1.28 bits per heavy atom. The zero-order valence-electron chi connectivity index (χ0n) is 14.3. The van der Waals surface area contributed by atoms with Gasteiger partial charge in [-0.1, -0.05) is 18.2 Å². The van der Waals surface area contributed by atoms with Crippen LogP contribution in [0.2, 0.25) is 0 Å². The predicted molar refractivity (Wildman–Crippen MR) is 97.0 cm³/mol. The molecule has 0 saturated carbocycles. The van der Waals surface area contributed by atoms with Crippen LogP contribution in [0, 0.1) is 0 Å². The number of rotatable bonds is 6. The zero-order valence-corrected chi connectivity index (χ0v) is 15.1. The molecule has 1 atom stereocenters. The molecule has 134 valence electrons. The number of hydrogen-bond donors (Lipinski definition) is 1. The number of benzene rings is 1. The molecular weight excluding hydrogens is 338 g/mol. The van der Waals surface area contributed by atoms with Gasteiger partial charge in [0.25, 0.3) is 0 Å². The molecule has 0 radical (unpaired) electrons. The maximum atomic E-state index is 11.5. The fraction of sp³-hybridized carbons (Fsp3) is 0.389. The molecule has 0 spiro atoms. The number of nitrogens with zero attached hydrogens (tertiary/aromatic N) is 2. The lowest BCUT2D eigenvalue weighted by Gasteiger charge is -2.33. The highest BCUT2D eigenvalue weighted by Crippen LogP contribution is 2.26. The van der Waals surface area contributed by atoms with E-state index in [1.807, 2.05) is 36.4 Å². The molecule has 6 nitrogen and oxygen atoms in total. The van der Waals surface area contributed by atoms with E-state index in [0.717, 1.165) is 37.2 Å². The molecule has 2 aromatic rings. The summed E-state index contributed by atoms with van der Waals surface area (Å²) in [7, 11) is -3.18. The van der Waals surface area contributed by atoms with Crippen molar-refractivity contribution in [2.75, 3.05) is 19.3 Å². The normalized spacial score (nSPS) is 18.8. The SMILES string of the molecule is CS(=O)(=O)NC1CCCN(Cc2ccccc2Oc2cccnc2)C1. The molecule has 2 heterocycles. The number of hydrogen-bond acceptors (Lipinski definition) is 5. The molecule has 1 unspecified atom stereocenters. The van der Waals surface area contributed by atoms with Crippen molar-refractivity contribution >= 4 is 10.0 Å². The van der Waals surface area contributed by atoms with Gasteiger partial charge in [-0.25, -0.2) is 13.1 Å². The van der Waals surface area contributed by atoms with E-state index in [-0.39, 0.29) is 6.04 Å². The number of nitrogens with one attached hydrogen (secondary N) is 1. The Bertz CT molecular complexity index is 796. The Hall–Kier alpha value is -1.96. The van der Waals surface area contributed by atoms with Gasteiger partial charge in [0.05, 0.1) is 12.5 Å².